The summed E-state index contributed by atoms with van der Waals surface area (Å²) in [6.07, 6.45) is 2.16. The molecular formula is C19H23N5O3. The number of carbonyl (C=O) groups is 1. The lowest BCUT2D eigenvalue weighted by Gasteiger charge is -2.33. The van der Waals surface area contributed by atoms with Gasteiger partial charge in [0.2, 0.25) is 11.8 Å². The Morgan fingerprint density at radius 3 is 3.00 bits per heavy atom. The molecule has 3 aromatic rings. The lowest BCUT2D eigenvalue weighted by atomic mass is 10.2. The number of fused-ring (bicyclic) bond motifs is 1. The van der Waals surface area contributed by atoms with Gasteiger partial charge in [-0.25, -0.2) is 4.98 Å². The molecule has 3 heterocycles. The summed E-state index contributed by atoms with van der Waals surface area (Å²) in [5.41, 5.74) is 1.96. The molecular weight excluding hydrogens is 346 g/mol. The van der Waals surface area contributed by atoms with Crippen molar-refractivity contribution in [2.24, 2.45) is 0 Å². The van der Waals surface area contributed by atoms with Gasteiger partial charge in [-0.2, -0.15) is 4.98 Å². The van der Waals surface area contributed by atoms with E-state index in [4.69, 9.17) is 9.26 Å². The first kappa shape index (κ1) is 17.7. The van der Waals surface area contributed by atoms with Crippen molar-refractivity contribution in [3.63, 3.8) is 0 Å². The summed E-state index contributed by atoms with van der Waals surface area (Å²) in [5, 5.41) is 4.07. The number of benzene rings is 1. The molecule has 1 aromatic carbocycles. The Morgan fingerprint density at radius 2 is 2.19 bits per heavy atom. The minimum absolute atomic E-state index is 0.0528. The highest BCUT2D eigenvalue weighted by atomic mass is 16.5. The molecule has 2 aromatic heterocycles. The van der Waals surface area contributed by atoms with Crippen LogP contribution in [-0.4, -0.2) is 50.3 Å². The summed E-state index contributed by atoms with van der Waals surface area (Å²) in [6.45, 7) is 5.99. The molecule has 1 aliphatic heterocycles. The van der Waals surface area contributed by atoms with Crippen LogP contribution in [0.3, 0.4) is 0 Å². The summed E-state index contributed by atoms with van der Waals surface area (Å²) < 4.78 is 12.9. The van der Waals surface area contributed by atoms with Crippen LogP contribution in [0.2, 0.25) is 0 Å². The molecule has 1 saturated heterocycles. The molecule has 1 amide bonds. The Labute approximate surface area is 157 Å². The zero-order valence-electron chi connectivity index (χ0n) is 15.5. The Hall–Kier alpha value is -2.74. The van der Waals surface area contributed by atoms with E-state index in [-0.39, 0.29) is 17.9 Å². The summed E-state index contributed by atoms with van der Waals surface area (Å²) in [4.78, 5) is 23.5. The monoisotopic (exact) mass is 369 g/mol. The molecule has 0 saturated carbocycles. The Morgan fingerprint density at radius 1 is 1.33 bits per heavy atom. The van der Waals surface area contributed by atoms with Gasteiger partial charge in [-0.1, -0.05) is 31.1 Å². The van der Waals surface area contributed by atoms with Gasteiger partial charge in [-0.15, -0.1) is 0 Å². The van der Waals surface area contributed by atoms with Crippen molar-refractivity contribution >= 4 is 16.9 Å². The lowest BCUT2D eigenvalue weighted by molar-refractivity contribution is -0.140. The maximum atomic E-state index is 12.9. The maximum Gasteiger partial charge on any atom is 0.229 e. The van der Waals surface area contributed by atoms with E-state index in [2.05, 4.69) is 15.1 Å². The average molecular weight is 369 g/mol. The molecule has 0 spiro atoms. The zero-order valence-corrected chi connectivity index (χ0v) is 15.5. The van der Waals surface area contributed by atoms with Crippen LogP contribution >= 0.6 is 0 Å². The van der Waals surface area contributed by atoms with E-state index < -0.39 is 0 Å². The second kappa shape index (κ2) is 7.48. The van der Waals surface area contributed by atoms with E-state index in [1.807, 2.05) is 42.7 Å². The second-order valence-corrected chi connectivity index (χ2v) is 7.00. The number of aromatic nitrogens is 4. The van der Waals surface area contributed by atoms with Crippen molar-refractivity contribution in [2.75, 3.05) is 19.8 Å². The second-order valence-electron chi connectivity index (χ2n) is 7.00. The van der Waals surface area contributed by atoms with Gasteiger partial charge in [0.1, 0.15) is 6.04 Å². The number of rotatable bonds is 5. The predicted molar refractivity (Wildman–Crippen MR) is 98.0 cm³/mol. The van der Waals surface area contributed by atoms with Crippen molar-refractivity contribution < 1.29 is 14.1 Å². The first-order chi connectivity index (χ1) is 13.1. The first-order valence-electron chi connectivity index (χ1n) is 9.24. The van der Waals surface area contributed by atoms with Crippen molar-refractivity contribution in [1.29, 1.82) is 0 Å². The lowest BCUT2D eigenvalue weighted by Crippen LogP contribution is -2.44. The summed E-state index contributed by atoms with van der Waals surface area (Å²) in [5.74, 6) is 1.29. The Balaban J connectivity index is 1.47. The quantitative estimate of drug-likeness (QED) is 0.687. The number of ether oxygens (including phenoxy) is 1. The molecule has 8 heteroatoms. The Kier molecular flexibility index (Phi) is 4.89. The van der Waals surface area contributed by atoms with Gasteiger partial charge in [0.05, 0.1) is 30.6 Å². The average Bonchev–Trinajstić information content (AvgIpc) is 3.34. The number of amides is 1. The first-order valence-corrected chi connectivity index (χ1v) is 9.24. The zero-order chi connectivity index (χ0) is 18.8. The third kappa shape index (κ3) is 3.57. The number of nitrogens with zero attached hydrogens (tertiary/aromatic N) is 5. The molecule has 1 aliphatic rings. The van der Waals surface area contributed by atoms with Gasteiger partial charge >= 0.3 is 0 Å². The molecule has 0 N–H and O–H groups in total. The number of carbonyl (C=O) groups excluding carboxylic acids is 1. The van der Waals surface area contributed by atoms with E-state index in [0.717, 1.165) is 11.0 Å². The smallest absolute Gasteiger partial charge is 0.229 e. The van der Waals surface area contributed by atoms with Crippen molar-refractivity contribution in [2.45, 2.75) is 38.8 Å². The fourth-order valence-electron chi connectivity index (χ4n) is 3.28. The minimum atomic E-state index is -0.304. The summed E-state index contributed by atoms with van der Waals surface area (Å²) in [6, 6.07) is 7.61. The van der Waals surface area contributed by atoms with Crippen LogP contribution in [0.4, 0.5) is 0 Å². The highest BCUT2D eigenvalue weighted by Gasteiger charge is 2.32. The molecule has 8 nitrogen and oxygen atoms in total. The number of aryl methyl sites for hydroxylation is 1. The van der Waals surface area contributed by atoms with Crippen LogP contribution in [0.15, 0.2) is 35.1 Å². The van der Waals surface area contributed by atoms with E-state index in [0.29, 0.717) is 44.4 Å². The molecule has 1 atom stereocenters. The van der Waals surface area contributed by atoms with Crippen LogP contribution in [-0.2, 0) is 16.1 Å². The molecule has 142 valence electrons. The Bertz CT molecular complexity index is 932. The summed E-state index contributed by atoms with van der Waals surface area (Å²) in [7, 11) is 0. The van der Waals surface area contributed by atoms with Gasteiger partial charge in [-0.3, -0.25) is 4.79 Å². The summed E-state index contributed by atoms with van der Waals surface area (Å²) >= 11 is 0. The predicted octanol–water partition coefficient (Wildman–Crippen LogP) is 2.53. The van der Waals surface area contributed by atoms with E-state index in [1.54, 1.807) is 11.2 Å². The standard InChI is InChI=1S/C19H23N5O3/c1-13(2)19-21-18(22-27-19)16-11-26-10-9-24(16)17(25)7-8-23-12-20-14-5-3-4-6-15(14)23/h3-6,12-13,16H,7-11H2,1-2H3/t16-/m0/s1. The third-order valence-corrected chi connectivity index (χ3v) is 4.79. The maximum absolute atomic E-state index is 12.9. The van der Waals surface area contributed by atoms with Crippen LogP contribution in [0.25, 0.3) is 11.0 Å². The molecule has 0 aliphatic carbocycles. The van der Waals surface area contributed by atoms with E-state index >= 15 is 0 Å². The molecule has 1 fully saturated rings. The van der Waals surface area contributed by atoms with Gasteiger partial charge in [0.25, 0.3) is 0 Å². The van der Waals surface area contributed by atoms with Gasteiger partial charge in [-0.05, 0) is 12.1 Å². The van der Waals surface area contributed by atoms with Crippen LogP contribution in [0, 0.1) is 0 Å². The normalized spacial score (nSPS) is 17.7. The van der Waals surface area contributed by atoms with Gasteiger partial charge < -0.3 is 18.7 Å². The fourth-order valence-corrected chi connectivity index (χ4v) is 3.28. The highest BCUT2D eigenvalue weighted by molar-refractivity contribution is 5.78. The number of morpholine rings is 1. The SMILES string of the molecule is CC(C)c1nc([C@@H]2COCCN2C(=O)CCn2cnc3ccccc32)no1. The topological polar surface area (TPSA) is 86.3 Å². The van der Waals surface area contributed by atoms with Crippen LogP contribution < -0.4 is 0 Å². The molecule has 27 heavy (non-hydrogen) atoms. The van der Waals surface area contributed by atoms with Crippen molar-refractivity contribution in [3.05, 3.63) is 42.3 Å². The number of imidazole rings is 1. The fraction of sp³-hybridized carbons (Fsp3) is 0.474. The largest absolute Gasteiger partial charge is 0.377 e. The molecule has 0 radical (unpaired) electrons. The van der Waals surface area contributed by atoms with Crippen LogP contribution in [0.1, 0.15) is 43.9 Å². The van der Waals surface area contributed by atoms with Gasteiger partial charge in [0, 0.05) is 25.4 Å². The third-order valence-electron chi connectivity index (χ3n) is 4.79. The van der Waals surface area contributed by atoms with Crippen molar-refractivity contribution in [3.8, 4) is 0 Å². The number of hydrogen-bond donors (Lipinski definition) is 0. The van der Waals surface area contributed by atoms with E-state index in [9.17, 15) is 4.79 Å². The molecule has 0 bridgehead atoms. The highest BCUT2D eigenvalue weighted by Crippen LogP contribution is 2.24. The molecule has 4 rings (SSSR count). The number of para-hydroxylation sites is 2. The van der Waals surface area contributed by atoms with Crippen molar-refractivity contribution in [1.82, 2.24) is 24.6 Å². The molecule has 0 unspecified atom stereocenters. The van der Waals surface area contributed by atoms with E-state index in [1.165, 1.54) is 0 Å². The van der Waals surface area contributed by atoms with Gasteiger partial charge in [0.15, 0.2) is 5.82 Å². The van der Waals surface area contributed by atoms with Crippen LogP contribution in [0.5, 0.6) is 0 Å². The number of hydrogen-bond acceptors (Lipinski definition) is 6. The minimum Gasteiger partial charge on any atom is -0.377 e.